The van der Waals surface area contributed by atoms with Gasteiger partial charge in [0.25, 0.3) is 0 Å². The molecule has 406 valence electrons. The number of nitrogens with zero attached hydrogens (tertiary/aromatic N) is 6. The monoisotopic (exact) mass is 1100 g/mol. The summed E-state index contributed by atoms with van der Waals surface area (Å²) < 4.78 is 0. The maximum atomic E-state index is 4.88. The molecule has 2 unspecified atom stereocenters. The van der Waals surface area contributed by atoms with Gasteiger partial charge < -0.3 is 14.7 Å². The molecule has 2 atom stereocenters. The summed E-state index contributed by atoms with van der Waals surface area (Å²) in [6, 6.07) is 85.3. The summed E-state index contributed by atoms with van der Waals surface area (Å²) in [5, 5.41) is 12.3. The first kappa shape index (κ1) is 49.6. The highest BCUT2D eigenvalue weighted by atomic mass is 15.2. The molecular formula is C80H56N6. The SMILES string of the molecule is CC1(C)c2ccccc2-c2cc3c(N(c4ccc5ncccc5c4)c4cccc5ccccc45)c4cc(N(c5ccc6ncccc6c5)c5cccc6ccccc56)ccc4c(N(c4ccc5ncccc5c4)C4C=CC=C5C=CC=CC54)c3cc21. The molecule has 86 heavy (non-hydrogen) atoms. The van der Waals surface area contributed by atoms with Crippen molar-refractivity contribution in [3.05, 3.63) is 308 Å². The lowest BCUT2D eigenvalue weighted by atomic mass is 9.80. The maximum Gasteiger partial charge on any atom is 0.0703 e. The van der Waals surface area contributed by atoms with Gasteiger partial charge in [-0.05, 0) is 148 Å². The molecule has 0 amide bonds. The topological polar surface area (TPSA) is 48.4 Å². The largest absolute Gasteiger partial charge is 0.333 e. The lowest BCUT2D eigenvalue weighted by Crippen LogP contribution is -2.38. The zero-order valence-electron chi connectivity index (χ0n) is 47.6. The van der Waals surface area contributed by atoms with Crippen LogP contribution in [-0.2, 0) is 5.41 Å². The minimum Gasteiger partial charge on any atom is -0.333 e. The van der Waals surface area contributed by atoms with Crippen molar-refractivity contribution in [1.82, 2.24) is 15.0 Å². The van der Waals surface area contributed by atoms with E-state index in [9.17, 15) is 0 Å². The molecule has 0 radical (unpaired) electrons. The Morgan fingerprint density at radius 1 is 0.360 bits per heavy atom. The molecule has 11 aromatic carbocycles. The van der Waals surface area contributed by atoms with E-state index in [0.717, 1.165) is 116 Å². The van der Waals surface area contributed by atoms with E-state index in [4.69, 9.17) is 15.0 Å². The van der Waals surface area contributed by atoms with Gasteiger partial charge in [-0.15, -0.1) is 0 Å². The summed E-state index contributed by atoms with van der Waals surface area (Å²) in [7, 11) is 0. The Morgan fingerprint density at radius 2 is 0.895 bits per heavy atom. The van der Waals surface area contributed by atoms with E-state index < -0.39 is 0 Å². The van der Waals surface area contributed by atoms with Crippen LogP contribution >= 0.6 is 0 Å². The Bertz CT molecular complexity index is 5270. The minimum atomic E-state index is -0.303. The molecule has 0 saturated carbocycles. The highest BCUT2D eigenvalue weighted by Gasteiger charge is 2.39. The Hall–Kier alpha value is -11.0. The molecule has 3 aliphatic carbocycles. The first-order valence-electron chi connectivity index (χ1n) is 29.7. The van der Waals surface area contributed by atoms with Crippen molar-refractivity contribution in [3.8, 4) is 11.1 Å². The van der Waals surface area contributed by atoms with Crippen LogP contribution in [0.25, 0.3) is 86.9 Å². The number of hydrogen-bond donors (Lipinski definition) is 0. The van der Waals surface area contributed by atoms with Crippen LogP contribution in [0.1, 0.15) is 25.0 Å². The molecule has 0 saturated heterocycles. The average molecular weight is 1100 g/mol. The van der Waals surface area contributed by atoms with Crippen LogP contribution in [-0.4, -0.2) is 21.0 Å². The maximum absolute atomic E-state index is 4.88. The molecular weight excluding hydrogens is 1040 g/mol. The van der Waals surface area contributed by atoms with Gasteiger partial charge in [0.1, 0.15) is 0 Å². The van der Waals surface area contributed by atoms with Crippen molar-refractivity contribution in [2.24, 2.45) is 5.92 Å². The van der Waals surface area contributed by atoms with E-state index in [-0.39, 0.29) is 17.4 Å². The number of allylic oxidation sites excluding steroid dienone is 5. The quantitative estimate of drug-likeness (QED) is 0.106. The Morgan fingerprint density at radius 3 is 1.58 bits per heavy atom. The minimum absolute atomic E-state index is 0.0522. The molecule has 0 aliphatic heterocycles. The van der Waals surface area contributed by atoms with E-state index in [0.29, 0.717) is 0 Å². The van der Waals surface area contributed by atoms with Crippen molar-refractivity contribution in [2.75, 3.05) is 14.7 Å². The predicted octanol–water partition coefficient (Wildman–Crippen LogP) is 20.9. The molecule has 3 aromatic heterocycles. The van der Waals surface area contributed by atoms with Crippen molar-refractivity contribution in [2.45, 2.75) is 25.3 Å². The van der Waals surface area contributed by atoms with Crippen LogP contribution < -0.4 is 14.7 Å². The van der Waals surface area contributed by atoms with Crippen molar-refractivity contribution >= 4 is 121 Å². The molecule has 0 N–H and O–H groups in total. The zero-order valence-corrected chi connectivity index (χ0v) is 47.6. The normalized spacial score (nSPS) is 15.6. The van der Waals surface area contributed by atoms with Crippen LogP contribution in [0.5, 0.6) is 0 Å². The number of anilines is 8. The Balaban J connectivity index is 1.08. The summed E-state index contributed by atoms with van der Waals surface area (Å²) in [5.74, 6) is 0.0522. The molecule has 0 spiro atoms. The highest BCUT2D eigenvalue weighted by Crippen LogP contribution is 2.58. The lowest BCUT2D eigenvalue weighted by Gasteiger charge is -2.41. The number of aromatic nitrogens is 3. The number of fused-ring (bicyclic) bond motifs is 11. The van der Waals surface area contributed by atoms with Crippen LogP contribution in [0, 0.1) is 5.92 Å². The average Bonchev–Trinajstić information content (AvgIpc) is 1.39. The van der Waals surface area contributed by atoms with E-state index in [1.807, 2.05) is 30.7 Å². The van der Waals surface area contributed by atoms with Crippen LogP contribution in [0.4, 0.5) is 45.5 Å². The fourth-order valence-electron chi connectivity index (χ4n) is 14.4. The fraction of sp³-hybridized carbons (Fsp3) is 0.0625. The summed E-state index contributed by atoms with van der Waals surface area (Å²) in [5.41, 5.74) is 17.5. The molecule has 0 bridgehead atoms. The van der Waals surface area contributed by atoms with Gasteiger partial charge in [0, 0.05) is 101 Å². The van der Waals surface area contributed by atoms with E-state index in [1.165, 1.54) is 33.2 Å². The van der Waals surface area contributed by atoms with Crippen molar-refractivity contribution in [3.63, 3.8) is 0 Å². The van der Waals surface area contributed by atoms with Crippen molar-refractivity contribution in [1.29, 1.82) is 0 Å². The second-order valence-electron chi connectivity index (χ2n) is 23.5. The second kappa shape index (κ2) is 19.6. The van der Waals surface area contributed by atoms with Gasteiger partial charge in [-0.3, -0.25) is 15.0 Å². The van der Waals surface area contributed by atoms with Gasteiger partial charge in [0.05, 0.1) is 45.3 Å². The van der Waals surface area contributed by atoms with Crippen LogP contribution in [0.2, 0.25) is 0 Å². The summed E-state index contributed by atoms with van der Waals surface area (Å²) in [6.45, 7) is 4.81. The lowest BCUT2D eigenvalue weighted by molar-refractivity contribution is 0.642. The van der Waals surface area contributed by atoms with Gasteiger partial charge in [0.2, 0.25) is 0 Å². The van der Waals surface area contributed by atoms with Gasteiger partial charge in [-0.25, -0.2) is 0 Å². The van der Waals surface area contributed by atoms with Gasteiger partial charge in [-0.1, -0.05) is 178 Å². The van der Waals surface area contributed by atoms with E-state index in [1.54, 1.807) is 0 Å². The molecule has 14 aromatic rings. The smallest absolute Gasteiger partial charge is 0.0703 e. The third kappa shape index (κ3) is 7.83. The molecule has 0 fully saturated rings. The number of pyridine rings is 3. The third-order valence-corrected chi connectivity index (χ3v) is 18.4. The zero-order chi connectivity index (χ0) is 57.0. The third-order valence-electron chi connectivity index (χ3n) is 18.4. The molecule has 17 rings (SSSR count). The standard InChI is InChI=1S/C80H56N6/c1-80(2)70-30-10-9-29-64(70)66-49-68-69(50-71(66)80)78(85(58-36-40-73-55(46-58)24-15-43-82-73)76-32-12-21-52-18-4-7-27-62(52)76)65-38-34-60(84(57-35-39-72-54(45-57)23-14-42-81-72)75-31-11-20-51-17-3-6-26-61(51)75)48-67(65)79(68)86(59-37-41-74-56(47-59)25-16-44-83-74)77-33-13-22-53-19-5-8-28-63(53)77/h3-50,62,76H,1-2H3. The Kier molecular flexibility index (Phi) is 11.3. The van der Waals surface area contributed by atoms with Crippen LogP contribution in [0.3, 0.4) is 0 Å². The number of rotatable bonds is 9. The predicted molar refractivity (Wildman–Crippen MR) is 361 cm³/mol. The second-order valence-corrected chi connectivity index (χ2v) is 23.5. The highest BCUT2D eigenvalue weighted by molar-refractivity contribution is 6.25. The Labute approximate surface area is 498 Å². The molecule has 6 nitrogen and oxygen atoms in total. The van der Waals surface area contributed by atoms with Gasteiger partial charge >= 0.3 is 0 Å². The number of hydrogen-bond acceptors (Lipinski definition) is 6. The van der Waals surface area contributed by atoms with Crippen LogP contribution in [0.15, 0.2) is 297 Å². The molecule has 6 heteroatoms. The molecule has 3 heterocycles. The van der Waals surface area contributed by atoms with Gasteiger partial charge in [0.15, 0.2) is 0 Å². The summed E-state index contributed by atoms with van der Waals surface area (Å²) in [6.07, 6.45) is 21.7. The summed E-state index contributed by atoms with van der Waals surface area (Å²) in [4.78, 5) is 22.2. The van der Waals surface area contributed by atoms with Crippen molar-refractivity contribution < 1.29 is 0 Å². The van der Waals surface area contributed by atoms with Gasteiger partial charge in [-0.2, -0.15) is 0 Å². The van der Waals surface area contributed by atoms with E-state index in [2.05, 4.69) is 289 Å². The first-order valence-corrected chi connectivity index (χ1v) is 29.7. The molecule has 3 aliphatic rings. The van der Waals surface area contributed by atoms with E-state index >= 15 is 0 Å². The fourth-order valence-corrected chi connectivity index (χ4v) is 14.4. The first-order chi connectivity index (χ1) is 42.4. The number of benzene rings is 11. The summed E-state index contributed by atoms with van der Waals surface area (Å²) >= 11 is 0.